The highest BCUT2D eigenvalue weighted by Gasteiger charge is 2.21. The van der Waals surface area contributed by atoms with E-state index >= 15 is 0 Å². The van der Waals surface area contributed by atoms with Crippen LogP contribution in [0.4, 0.5) is 0 Å². The summed E-state index contributed by atoms with van der Waals surface area (Å²) in [5.74, 6) is 1.73. The maximum absolute atomic E-state index is 5.59. The maximum Gasteiger partial charge on any atom is 0.127 e. The van der Waals surface area contributed by atoms with Crippen LogP contribution in [-0.2, 0) is 0 Å². The lowest BCUT2D eigenvalue weighted by Gasteiger charge is -2.26. The Kier molecular flexibility index (Phi) is 6.12. The first-order valence-corrected chi connectivity index (χ1v) is 7.94. The number of hydrogen-bond donors (Lipinski definition) is 1. The van der Waals surface area contributed by atoms with E-state index in [-0.39, 0.29) is 6.04 Å². The second kappa shape index (κ2) is 8.08. The van der Waals surface area contributed by atoms with Crippen LogP contribution in [0.25, 0.3) is 0 Å². The molecule has 0 radical (unpaired) electrons. The van der Waals surface area contributed by atoms with Gasteiger partial charge in [0.1, 0.15) is 11.5 Å². The van der Waals surface area contributed by atoms with Crippen LogP contribution in [0.2, 0.25) is 0 Å². The molecule has 1 aromatic rings. The highest BCUT2D eigenvalue weighted by atomic mass is 16.5. The van der Waals surface area contributed by atoms with Crippen LogP contribution >= 0.6 is 0 Å². The Hall–Kier alpha value is -1.48. The average Bonchev–Trinajstić information content (AvgIpc) is 2.56. The Morgan fingerprint density at radius 2 is 2.05 bits per heavy atom. The molecule has 1 atom stereocenters. The summed E-state index contributed by atoms with van der Waals surface area (Å²) in [5.41, 5.74) is 2.71. The predicted octanol–water partition coefficient (Wildman–Crippen LogP) is 4.24. The summed E-state index contributed by atoms with van der Waals surface area (Å²) in [6, 6.07) is 6.37. The van der Waals surface area contributed by atoms with Crippen molar-refractivity contribution in [1.82, 2.24) is 5.32 Å². The molecule has 3 nitrogen and oxygen atoms in total. The summed E-state index contributed by atoms with van der Waals surface area (Å²) in [4.78, 5) is 0. The molecule has 1 aliphatic carbocycles. The molecular weight excluding hydrogens is 262 g/mol. The van der Waals surface area contributed by atoms with Crippen molar-refractivity contribution in [2.45, 2.75) is 45.1 Å². The van der Waals surface area contributed by atoms with Gasteiger partial charge in [0.2, 0.25) is 0 Å². The Morgan fingerprint density at radius 1 is 1.19 bits per heavy atom. The third-order valence-corrected chi connectivity index (χ3v) is 4.05. The number of ether oxygens (including phenoxy) is 2. The van der Waals surface area contributed by atoms with E-state index in [4.69, 9.17) is 9.47 Å². The van der Waals surface area contributed by atoms with Crippen molar-refractivity contribution in [3.05, 3.63) is 35.4 Å². The second-order valence-electron chi connectivity index (χ2n) is 5.52. The van der Waals surface area contributed by atoms with Crippen molar-refractivity contribution in [1.29, 1.82) is 0 Å². The van der Waals surface area contributed by atoms with Gasteiger partial charge in [0.15, 0.2) is 0 Å². The van der Waals surface area contributed by atoms with E-state index in [1.165, 1.54) is 36.8 Å². The predicted molar refractivity (Wildman–Crippen MR) is 87.1 cm³/mol. The molecule has 0 saturated heterocycles. The number of nitrogens with one attached hydrogen (secondary N) is 1. The molecule has 0 aliphatic heterocycles. The lowest BCUT2D eigenvalue weighted by molar-refractivity contribution is 0.386. The minimum atomic E-state index is 0.256. The van der Waals surface area contributed by atoms with Gasteiger partial charge in [0, 0.05) is 11.6 Å². The monoisotopic (exact) mass is 289 g/mol. The molecule has 0 spiro atoms. The van der Waals surface area contributed by atoms with Crippen LogP contribution in [-0.4, -0.2) is 20.8 Å². The molecule has 0 fully saturated rings. The molecule has 21 heavy (non-hydrogen) atoms. The maximum atomic E-state index is 5.59. The largest absolute Gasteiger partial charge is 0.497 e. The van der Waals surface area contributed by atoms with E-state index in [2.05, 4.69) is 24.4 Å². The fourth-order valence-electron chi connectivity index (χ4n) is 2.91. The summed E-state index contributed by atoms with van der Waals surface area (Å²) in [6.45, 7) is 3.21. The third kappa shape index (κ3) is 4.01. The first kappa shape index (κ1) is 15.9. The highest BCUT2D eigenvalue weighted by Crippen LogP contribution is 2.36. The van der Waals surface area contributed by atoms with E-state index in [0.29, 0.717) is 0 Å². The smallest absolute Gasteiger partial charge is 0.127 e. The fourth-order valence-corrected chi connectivity index (χ4v) is 2.91. The number of rotatable bonds is 7. The van der Waals surface area contributed by atoms with Gasteiger partial charge in [0.05, 0.1) is 20.3 Å². The summed E-state index contributed by atoms with van der Waals surface area (Å²) < 4.78 is 10.9. The summed E-state index contributed by atoms with van der Waals surface area (Å²) >= 11 is 0. The molecule has 1 N–H and O–H groups in total. The van der Waals surface area contributed by atoms with Gasteiger partial charge in [-0.25, -0.2) is 0 Å². The second-order valence-corrected chi connectivity index (χ2v) is 5.52. The molecule has 0 amide bonds. The summed E-state index contributed by atoms with van der Waals surface area (Å²) in [6.07, 6.45) is 8.50. The topological polar surface area (TPSA) is 30.5 Å². The van der Waals surface area contributed by atoms with Crippen LogP contribution in [0.5, 0.6) is 11.5 Å². The van der Waals surface area contributed by atoms with Crippen LogP contribution in [0.15, 0.2) is 29.8 Å². The van der Waals surface area contributed by atoms with Gasteiger partial charge in [-0.1, -0.05) is 18.6 Å². The van der Waals surface area contributed by atoms with Gasteiger partial charge < -0.3 is 14.8 Å². The van der Waals surface area contributed by atoms with Crippen molar-refractivity contribution in [3.63, 3.8) is 0 Å². The minimum absolute atomic E-state index is 0.256. The molecular formula is C18H27NO2. The number of methoxy groups -OCH3 is 2. The van der Waals surface area contributed by atoms with Crippen molar-refractivity contribution < 1.29 is 9.47 Å². The van der Waals surface area contributed by atoms with Gasteiger partial charge in [-0.3, -0.25) is 0 Å². The molecule has 2 rings (SSSR count). The zero-order valence-electron chi connectivity index (χ0n) is 13.4. The summed E-state index contributed by atoms with van der Waals surface area (Å²) in [5, 5.41) is 3.68. The number of allylic oxidation sites excluding steroid dienone is 1. The SMILES string of the molecule is CCCNC(C1=CCCCC1)c1ccc(OC)cc1OC. The molecule has 1 aromatic carbocycles. The zero-order valence-corrected chi connectivity index (χ0v) is 13.4. The van der Waals surface area contributed by atoms with E-state index in [0.717, 1.165) is 24.5 Å². The van der Waals surface area contributed by atoms with Crippen molar-refractivity contribution in [2.75, 3.05) is 20.8 Å². The Morgan fingerprint density at radius 3 is 2.67 bits per heavy atom. The Bertz CT molecular complexity index is 482. The number of benzene rings is 1. The standard InChI is InChI=1S/C18H27NO2/c1-4-12-19-18(14-8-6-5-7-9-14)16-11-10-15(20-2)13-17(16)21-3/h8,10-11,13,18-19H,4-7,9,12H2,1-3H3. The average molecular weight is 289 g/mol. The normalized spacial score (nSPS) is 16.2. The Labute approximate surface area is 128 Å². The van der Waals surface area contributed by atoms with Crippen molar-refractivity contribution in [2.24, 2.45) is 0 Å². The van der Waals surface area contributed by atoms with Crippen molar-refractivity contribution in [3.8, 4) is 11.5 Å². The lowest BCUT2D eigenvalue weighted by atomic mass is 9.89. The van der Waals surface area contributed by atoms with Gasteiger partial charge in [-0.05, 0) is 50.8 Å². The fraction of sp³-hybridized carbons (Fsp3) is 0.556. The molecule has 116 valence electrons. The van der Waals surface area contributed by atoms with Crippen LogP contribution in [0.3, 0.4) is 0 Å². The van der Waals surface area contributed by atoms with Gasteiger partial charge in [-0.2, -0.15) is 0 Å². The van der Waals surface area contributed by atoms with E-state index in [1.807, 2.05) is 12.1 Å². The first-order chi connectivity index (χ1) is 10.3. The van der Waals surface area contributed by atoms with Gasteiger partial charge >= 0.3 is 0 Å². The van der Waals surface area contributed by atoms with E-state index in [1.54, 1.807) is 14.2 Å². The number of hydrogen-bond acceptors (Lipinski definition) is 3. The minimum Gasteiger partial charge on any atom is -0.497 e. The van der Waals surface area contributed by atoms with Crippen molar-refractivity contribution >= 4 is 0 Å². The molecule has 1 unspecified atom stereocenters. The molecule has 0 bridgehead atoms. The van der Waals surface area contributed by atoms with Crippen LogP contribution < -0.4 is 14.8 Å². The molecule has 0 aromatic heterocycles. The molecule has 1 aliphatic rings. The first-order valence-electron chi connectivity index (χ1n) is 7.94. The molecule has 0 saturated carbocycles. The van der Waals surface area contributed by atoms with Crippen LogP contribution in [0.1, 0.15) is 50.6 Å². The van der Waals surface area contributed by atoms with E-state index < -0.39 is 0 Å². The quantitative estimate of drug-likeness (QED) is 0.761. The lowest BCUT2D eigenvalue weighted by Crippen LogP contribution is -2.25. The Balaban J connectivity index is 2.33. The summed E-state index contributed by atoms with van der Waals surface area (Å²) in [7, 11) is 3.41. The van der Waals surface area contributed by atoms with Crippen LogP contribution in [0, 0.1) is 0 Å². The van der Waals surface area contributed by atoms with E-state index in [9.17, 15) is 0 Å². The highest BCUT2D eigenvalue weighted by molar-refractivity contribution is 5.45. The zero-order chi connectivity index (χ0) is 15.1. The van der Waals surface area contributed by atoms with Gasteiger partial charge in [-0.15, -0.1) is 0 Å². The third-order valence-electron chi connectivity index (χ3n) is 4.05. The molecule has 0 heterocycles. The molecule has 3 heteroatoms. The van der Waals surface area contributed by atoms with Gasteiger partial charge in [0.25, 0.3) is 0 Å².